The largest absolute Gasteiger partial charge is 0.461 e. The molecule has 5 nitrogen and oxygen atoms in total. The topological polar surface area (TPSA) is 63.4 Å². The van der Waals surface area contributed by atoms with Crippen LogP contribution in [0.15, 0.2) is 65.2 Å². The summed E-state index contributed by atoms with van der Waals surface area (Å²) < 4.78 is 5.98. The van der Waals surface area contributed by atoms with Crippen molar-refractivity contribution in [3.05, 3.63) is 89.1 Å². The van der Waals surface area contributed by atoms with Crippen molar-refractivity contribution in [3.8, 4) is 0 Å². The van der Waals surface area contributed by atoms with Gasteiger partial charge in [-0.1, -0.05) is 31.2 Å². The predicted octanol–water partition coefficient (Wildman–Crippen LogP) is 4.52. The second kappa shape index (κ2) is 6.85. The standard InChI is InChI=1S/C24H20N2O3/c1-15-12-20(15)22-10-9-17(29-22)13-21-18-7-2-3-8-19(18)23(27)26(24(21)28)14-16-6-4-5-11-25-16/h2-11,13,15,20H,12,14H2,1H3/b21-13-/t15-,20+/m0/s1. The molecule has 2 amide bonds. The number of carbonyl (C=O) groups excluding carboxylic acids is 2. The third kappa shape index (κ3) is 3.18. The molecule has 2 aliphatic rings. The average molecular weight is 384 g/mol. The first-order valence-electron chi connectivity index (χ1n) is 9.79. The van der Waals surface area contributed by atoms with Crippen molar-refractivity contribution in [1.29, 1.82) is 0 Å². The summed E-state index contributed by atoms with van der Waals surface area (Å²) in [6.07, 6.45) is 4.54. The van der Waals surface area contributed by atoms with E-state index in [4.69, 9.17) is 4.42 Å². The van der Waals surface area contributed by atoms with Gasteiger partial charge in [-0.15, -0.1) is 0 Å². The quantitative estimate of drug-likeness (QED) is 0.490. The van der Waals surface area contributed by atoms with E-state index < -0.39 is 0 Å². The molecule has 0 saturated heterocycles. The number of amides is 2. The fourth-order valence-electron chi connectivity index (χ4n) is 3.85. The monoisotopic (exact) mass is 384 g/mol. The maximum absolute atomic E-state index is 13.3. The van der Waals surface area contributed by atoms with E-state index in [9.17, 15) is 9.59 Å². The van der Waals surface area contributed by atoms with Crippen LogP contribution in [-0.2, 0) is 11.3 Å². The van der Waals surface area contributed by atoms with Crippen LogP contribution < -0.4 is 0 Å². The number of pyridine rings is 1. The maximum Gasteiger partial charge on any atom is 0.261 e. The number of carbonyl (C=O) groups is 2. The molecule has 0 unspecified atom stereocenters. The summed E-state index contributed by atoms with van der Waals surface area (Å²) in [5.74, 6) is 2.06. The fraction of sp³-hybridized carbons (Fsp3) is 0.208. The zero-order valence-electron chi connectivity index (χ0n) is 16.0. The van der Waals surface area contributed by atoms with Gasteiger partial charge >= 0.3 is 0 Å². The van der Waals surface area contributed by atoms with Gasteiger partial charge in [0.25, 0.3) is 11.8 Å². The van der Waals surface area contributed by atoms with E-state index in [0.717, 1.165) is 12.2 Å². The molecule has 2 aromatic heterocycles. The van der Waals surface area contributed by atoms with Gasteiger partial charge in [-0.2, -0.15) is 0 Å². The van der Waals surface area contributed by atoms with Crippen LogP contribution in [0.5, 0.6) is 0 Å². The Morgan fingerprint density at radius 1 is 1.03 bits per heavy atom. The molecule has 2 atom stereocenters. The highest BCUT2D eigenvalue weighted by molar-refractivity contribution is 6.33. The SMILES string of the molecule is C[C@H]1C[C@H]1c1ccc(/C=C2\C(=O)N(Cc3ccccn3)C(=O)c3ccccc32)o1. The molecule has 144 valence electrons. The summed E-state index contributed by atoms with van der Waals surface area (Å²) in [6.45, 7) is 2.33. The van der Waals surface area contributed by atoms with E-state index in [2.05, 4.69) is 11.9 Å². The van der Waals surface area contributed by atoms with Crippen LogP contribution in [0, 0.1) is 5.92 Å². The van der Waals surface area contributed by atoms with Crippen molar-refractivity contribution in [2.75, 3.05) is 0 Å². The van der Waals surface area contributed by atoms with Gasteiger partial charge in [-0.05, 0) is 48.7 Å². The van der Waals surface area contributed by atoms with Gasteiger partial charge in [0.15, 0.2) is 0 Å². The number of hydrogen-bond donors (Lipinski definition) is 0. The van der Waals surface area contributed by atoms with Crippen LogP contribution in [0.4, 0.5) is 0 Å². The van der Waals surface area contributed by atoms with Crippen LogP contribution in [0.2, 0.25) is 0 Å². The molecular formula is C24H20N2O3. The predicted molar refractivity (Wildman–Crippen MR) is 109 cm³/mol. The lowest BCUT2D eigenvalue weighted by atomic mass is 9.92. The highest BCUT2D eigenvalue weighted by Crippen LogP contribution is 2.47. The average Bonchev–Trinajstić information content (AvgIpc) is 3.29. The molecule has 1 aliphatic heterocycles. The van der Waals surface area contributed by atoms with Crippen LogP contribution in [0.25, 0.3) is 11.6 Å². The fourth-order valence-corrected chi connectivity index (χ4v) is 3.85. The summed E-state index contributed by atoms with van der Waals surface area (Å²) in [4.78, 5) is 31.8. The van der Waals surface area contributed by atoms with Crippen molar-refractivity contribution in [3.63, 3.8) is 0 Å². The molecule has 1 aromatic carbocycles. The Balaban J connectivity index is 1.54. The molecule has 3 aromatic rings. The lowest BCUT2D eigenvalue weighted by Crippen LogP contribution is -2.41. The molecule has 1 aliphatic carbocycles. The first-order valence-corrected chi connectivity index (χ1v) is 9.79. The maximum atomic E-state index is 13.3. The zero-order valence-corrected chi connectivity index (χ0v) is 16.0. The number of imide groups is 1. The Morgan fingerprint density at radius 2 is 1.79 bits per heavy atom. The van der Waals surface area contributed by atoms with E-state index >= 15 is 0 Å². The molecule has 0 spiro atoms. The van der Waals surface area contributed by atoms with E-state index in [0.29, 0.717) is 40.0 Å². The van der Waals surface area contributed by atoms with Crippen molar-refractivity contribution in [2.45, 2.75) is 25.8 Å². The van der Waals surface area contributed by atoms with E-state index in [-0.39, 0.29) is 18.4 Å². The van der Waals surface area contributed by atoms with Crippen molar-refractivity contribution < 1.29 is 14.0 Å². The highest BCUT2D eigenvalue weighted by Gasteiger charge is 2.37. The van der Waals surface area contributed by atoms with Crippen LogP contribution >= 0.6 is 0 Å². The van der Waals surface area contributed by atoms with Crippen LogP contribution in [0.3, 0.4) is 0 Å². The number of furan rings is 1. The van der Waals surface area contributed by atoms with E-state index in [1.807, 2.05) is 36.4 Å². The van der Waals surface area contributed by atoms with Crippen LogP contribution in [0.1, 0.15) is 52.4 Å². The van der Waals surface area contributed by atoms with Gasteiger partial charge in [0, 0.05) is 23.2 Å². The minimum Gasteiger partial charge on any atom is -0.461 e. The first-order chi connectivity index (χ1) is 14.1. The second-order valence-electron chi connectivity index (χ2n) is 7.68. The minimum atomic E-state index is -0.336. The number of nitrogens with zero attached hydrogens (tertiary/aromatic N) is 2. The third-order valence-electron chi connectivity index (χ3n) is 5.62. The molecule has 0 N–H and O–H groups in total. The molecule has 3 heterocycles. The smallest absolute Gasteiger partial charge is 0.261 e. The first kappa shape index (κ1) is 17.6. The summed E-state index contributed by atoms with van der Waals surface area (Å²) in [5, 5.41) is 0. The number of benzene rings is 1. The Morgan fingerprint density at radius 3 is 2.52 bits per heavy atom. The molecule has 5 heteroatoms. The Bertz CT molecular complexity index is 1130. The van der Waals surface area contributed by atoms with Gasteiger partial charge in [0.2, 0.25) is 0 Å². The zero-order chi connectivity index (χ0) is 20.0. The van der Waals surface area contributed by atoms with Gasteiger partial charge in [-0.25, -0.2) is 0 Å². The number of rotatable bonds is 4. The Hall–Kier alpha value is -3.47. The summed E-state index contributed by atoms with van der Waals surface area (Å²) in [6, 6.07) is 16.5. The number of aromatic nitrogens is 1. The molecule has 1 fully saturated rings. The molecule has 0 radical (unpaired) electrons. The lowest BCUT2D eigenvalue weighted by Gasteiger charge is -2.28. The normalized spacial score (nSPS) is 22.1. The van der Waals surface area contributed by atoms with Crippen molar-refractivity contribution in [2.24, 2.45) is 5.92 Å². The van der Waals surface area contributed by atoms with Crippen molar-refractivity contribution in [1.82, 2.24) is 9.88 Å². The molecule has 0 bridgehead atoms. The summed E-state index contributed by atoms with van der Waals surface area (Å²) in [5.41, 5.74) is 2.27. The minimum absolute atomic E-state index is 0.132. The Labute approximate surface area is 168 Å². The molecule has 5 rings (SSSR count). The number of hydrogen-bond acceptors (Lipinski definition) is 4. The molecule has 29 heavy (non-hydrogen) atoms. The van der Waals surface area contributed by atoms with E-state index in [1.165, 1.54) is 4.90 Å². The Kier molecular flexibility index (Phi) is 4.16. The molecule has 1 saturated carbocycles. The van der Waals surface area contributed by atoms with Gasteiger partial charge in [0.1, 0.15) is 11.5 Å². The van der Waals surface area contributed by atoms with E-state index in [1.54, 1.807) is 30.5 Å². The van der Waals surface area contributed by atoms with Crippen LogP contribution in [-0.4, -0.2) is 21.7 Å². The number of fused-ring (bicyclic) bond motifs is 1. The third-order valence-corrected chi connectivity index (χ3v) is 5.62. The lowest BCUT2D eigenvalue weighted by molar-refractivity contribution is -0.123. The van der Waals surface area contributed by atoms with Gasteiger partial charge in [0.05, 0.1) is 17.8 Å². The summed E-state index contributed by atoms with van der Waals surface area (Å²) >= 11 is 0. The second-order valence-corrected chi connectivity index (χ2v) is 7.68. The van der Waals surface area contributed by atoms with Gasteiger partial charge in [-0.3, -0.25) is 19.5 Å². The van der Waals surface area contributed by atoms with Crippen molar-refractivity contribution >= 4 is 23.5 Å². The van der Waals surface area contributed by atoms with Gasteiger partial charge < -0.3 is 4.42 Å². The highest BCUT2D eigenvalue weighted by atomic mass is 16.3. The molecular weight excluding hydrogens is 364 g/mol. The summed E-state index contributed by atoms with van der Waals surface area (Å²) in [7, 11) is 0.